The molecule has 9 nitrogen and oxygen atoms in total. The van der Waals surface area contributed by atoms with Crippen LogP contribution in [-0.4, -0.2) is 57.4 Å². The summed E-state index contributed by atoms with van der Waals surface area (Å²) in [5, 5.41) is 0.960. The van der Waals surface area contributed by atoms with Crippen molar-refractivity contribution in [2.45, 2.75) is 58.4 Å². The van der Waals surface area contributed by atoms with Gasteiger partial charge in [-0.15, -0.1) is 23.1 Å². The number of rotatable bonds is 6. The smallest absolute Gasteiger partial charge is 0.303 e. The molecule has 0 aromatic carbocycles. The Hall–Kier alpha value is -2.66. The third-order valence-corrected chi connectivity index (χ3v) is 6.74. The predicted molar refractivity (Wildman–Crippen MR) is 118 cm³/mol. The number of aryl methyl sites for hydroxylation is 2. The number of carbonyl (C=O) groups is 3. The Bertz CT molecular complexity index is 993. The summed E-state index contributed by atoms with van der Waals surface area (Å²) in [5.74, 6) is -0.937. The minimum Gasteiger partial charge on any atom is -0.474 e. The normalized spacial score (nSPS) is 22.7. The third kappa shape index (κ3) is 5.98. The molecule has 1 aliphatic heterocycles. The maximum Gasteiger partial charge on any atom is 0.303 e. The highest BCUT2D eigenvalue weighted by atomic mass is 32.2. The van der Waals surface area contributed by atoms with E-state index in [2.05, 4.69) is 9.97 Å². The minimum absolute atomic E-state index is 0.296. The van der Waals surface area contributed by atoms with Crippen LogP contribution in [0.5, 0.6) is 5.75 Å². The van der Waals surface area contributed by atoms with Gasteiger partial charge in [-0.2, -0.15) is 0 Å². The molecular weight excluding hydrogens is 456 g/mol. The monoisotopic (exact) mass is 480 g/mol. The second-order valence-corrected chi connectivity index (χ2v) is 9.48. The van der Waals surface area contributed by atoms with E-state index in [4.69, 9.17) is 18.9 Å². The molecule has 4 atom stereocenters. The lowest BCUT2D eigenvalue weighted by atomic mass is 10.1. The Morgan fingerprint density at radius 3 is 2.16 bits per heavy atom. The number of esters is 3. The van der Waals surface area contributed by atoms with Crippen LogP contribution in [-0.2, 0) is 28.6 Å². The van der Waals surface area contributed by atoms with Crippen LogP contribution in [0.1, 0.15) is 31.5 Å². The van der Waals surface area contributed by atoms with E-state index in [0.717, 1.165) is 21.3 Å². The van der Waals surface area contributed by atoms with Gasteiger partial charge in [-0.05, 0) is 26.0 Å². The zero-order valence-electron chi connectivity index (χ0n) is 18.3. The summed E-state index contributed by atoms with van der Waals surface area (Å²) < 4.78 is 22.1. The molecule has 172 valence electrons. The molecule has 0 unspecified atom stereocenters. The van der Waals surface area contributed by atoms with Gasteiger partial charge in [-0.3, -0.25) is 19.4 Å². The molecule has 2 aromatic heterocycles. The van der Waals surface area contributed by atoms with Crippen molar-refractivity contribution in [3.63, 3.8) is 0 Å². The van der Waals surface area contributed by atoms with Gasteiger partial charge in [0.25, 0.3) is 0 Å². The van der Waals surface area contributed by atoms with Gasteiger partial charge < -0.3 is 18.9 Å². The summed E-state index contributed by atoms with van der Waals surface area (Å²) in [5.41, 5.74) is 0.989. The number of nitrogens with zero attached hydrogens (tertiary/aromatic N) is 2. The van der Waals surface area contributed by atoms with Crippen LogP contribution in [0.25, 0.3) is 10.6 Å². The van der Waals surface area contributed by atoms with Crippen LogP contribution in [0.2, 0.25) is 0 Å². The fourth-order valence-electron chi connectivity index (χ4n) is 3.30. The van der Waals surface area contributed by atoms with Crippen molar-refractivity contribution in [2.75, 3.05) is 5.75 Å². The number of ether oxygens (including phenoxy) is 4. The molecule has 11 heteroatoms. The molecule has 0 radical (unpaired) electrons. The molecule has 0 spiro atoms. The topological polar surface area (TPSA) is 114 Å². The summed E-state index contributed by atoms with van der Waals surface area (Å²) in [6.45, 7) is 7.62. The molecule has 3 rings (SSSR count). The average Bonchev–Trinajstić information content (AvgIpc) is 3.04. The number of pyridine rings is 1. The van der Waals surface area contributed by atoms with Gasteiger partial charge in [-0.25, -0.2) is 4.98 Å². The lowest BCUT2D eigenvalue weighted by Gasteiger charge is -2.39. The predicted octanol–water partition coefficient (Wildman–Crippen LogP) is 3.07. The summed E-state index contributed by atoms with van der Waals surface area (Å²) in [6, 6.07) is 3.59. The van der Waals surface area contributed by atoms with Crippen molar-refractivity contribution in [1.29, 1.82) is 0 Å². The number of thioether (sulfide) groups is 1. The van der Waals surface area contributed by atoms with Gasteiger partial charge in [-0.1, -0.05) is 0 Å². The highest BCUT2D eigenvalue weighted by Gasteiger charge is 2.47. The van der Waals surface area contributed by atoms with Crippen molar-refractivity contribution in [2.24, 2.45) is 0 Å². The largest absolute Gasteiger partial charge is 0.474 e. The van der Waals surface area contributed by atoms with Crippen LogP contribution in [0, 0.1) is 13.8 Å². The molecule has 0 aliphatic carbocycles. The molecule has 2 aromatic rings. The van der Waals surface area contributed by atoms with Crippen molar-refractivity contribution >= 4 is 41.0 Å². The van der Waals surface area contributed by atoms with Crippen LogP contribution >= 0.6 is 23.1 Å². The van der Waals surface area contributed by atoms with Crippen molar-refractivity contribution in [3.05, 3.63) is 29.0 Å². The van der Waals surface area contributed by atoms with Gasteiger partial charge in [0, 0.05) is 26.5 Å². The Balaban J connectivity index is 1.81. The van der Waals surface area contributed by atoms with E-state index < -0.39 is 41.7 Å². The van der Waals surface area contributed by atoms with Crippen molar-refractivity contribution < 1.29 is 33.3 Å². The van der Waals surface area contributed by atoms with Gasteiger partial charge in [0.2, 0.25) is 0 Å². The molecule has 0 bridgehead atoms. The van der Waals surface area contributed by atoms with E-state index in [0.29, 0.717) is 11.5 Å². The highest BCUT2D eigenvalue weighted by Crippen LogP contribution is 2.35. The standard InChI is InChI=1S/C21H24N2O7S2/c1-10-20(32-11(2)23-10)16-7-6-15(8-22-16)30-21-19(29-14(5)26)18(28-13(4)25)17(9-31-21)27-12(3)24/h6-8,17-19,21H,9H2,1-5H3/t17-,18+,19-,21-/m1/s1. The molecule has 0 saturated carbocycles. The number of thiazole rings is 1. The Morgan fingerprint density at radius 2 is 1.62 bits per heavy atom. The minimum atomic E-state index is -0.999. The Kier molecular flexibility index (Phi) is 7.73. The number of hydrogen-bond acceptors (Lipinski definition) is 11. The summed E-state index contributed by atoms with van der Waals surface area (Å²) in [7, 11) is 0. The molecule has 32 heavy (non-hydrogen) atoms. The fourth-order valence-corrected chi connectivity index (χ4v) is 5.41. The van der Waals surface area contributed by atoms with E-state index in [-0.39, 0.29) is 0 Å². The quantitative estimate of drug-likeness (QED) is 0.451. The van der Waals surface area contributed by atoms with E-state index >= 15 is 0 Å². The molecule has 1 saturated heterocycles. The van der Waals surface area contributed by atoms with Gasteiger partial charge in [0.15, 0.2) is 23.7 Å². The summed E-state index contributed by atoms with van der Waals surface area (Å²) in [4.78, 5) is 44.8. The van der Waals surface area contributed by atoms with E-state index in [1.165, 1.54) is 32.5 Å². The van der Waals surface area contributed by atoms with Crippen molar-refractivity contribution in [3.8, 4) is 16.3 Å². The first-order valence-corrected chi connectivity index (χ1v) is 11.7. The SMILES string of the molecule is CC(=O)O[C@@H]1[C@@H](OC(C)=O)[C@H](OC(C)=O)CS[C@H]1Oc1ccc(-c2sc(C)nc2C)nc1. The van der Waals surface area contributed by atoms with E-state index in [1.54, 1.807) is 23.6 Å². The summed E-state index contributed by atoms with van der Waals surface area (Å²) in [6.07, 6.45) is -1.18. The second kappa shape index (κ2) is 10.3. The van der Waals surface area contributed by atoms with Crippen LogP contribution < -0.4 is 4.74 Å². The Morgan fingerprint density at radius 1 is 0.969 bits per heavy atom. The molecular formula is C21H24N2O7S2. The number of hydrogen-bond donors (Lipinski definition) is 0. The molecule has 0 amide bonds. The number of aromatic nitrogens is 2. The number of carbonyl (C=O) groups excluding carboxylic acids is 3. The molecule has 3 heterocycles. The van der Waals surface area contributed by atoms with E-state index in [9.17, 15) is 14.4 Å². The maximum absolute atomic E-state index is 11.8. The fraction of sp³-hybridized carbons (Fsp3) is 0.476. The zero-order chi connectivity index (χ0) is 23.4. The highest BCUT2D eigenvalue weighted by molar-refractivity contribution is 7.99. The first kappa shape index (κ1) is 24.0. The lowest BCUT2D eigenvalue weighted by molar-refractivity contribution is -0.186. The molecule has 0 N–H and O–H groups in total. The average molecular weight is 481 g/mol. The van der Waals surface area contributed by atoms with E-state index in [1.807, 2.05) is 19.9 Å². The molecule has 1 aliphatic rings. The molecule has 1 fully saturated rings. The van der Waals surface area contributed by atoms with Crippen molar-refractivity contribution in [1.82, 2.24) is 9.97 Å². The second-order valence-electron chi connectivity index (χ2n) is 7.14. The maximum atomic E-state index is 11.8. The Labute approximate surface area is 193 Å². The summed E-state index contributed by atoms with van der Waals surface area (Å²) >= 11 is 2.85. The van der Waals surface area contributed by atoms with Crippen LogP contribution in [0.3, 0.4) is 0 Å². The van der Waals surface area contributed by atoms with Gasteiger partial charge >= 0.3 is 17.9 Å². The van der Waals surface area contributed by atoms with Crippen LogP contribution in [0.4, 0.5) is 0 Å². The lowest BCUT2D eigenvalue weighted by Crippen LogP contribution is -2.55. The van der Waals surface area contributed by atoms with Crippen LogP contribution in [0.15, 0.2) is 18.3 Å². The zero-order valence-corrected chi connectivity index (χ0v) is 20.0. The van der Waals surface area contributed by atoms with Gasteiger partial charge in [0.05, 0.1) is 27.5 Å². The first-order chi connectivity index (χ1) is 15.1. The third-order valence-electron chi connectivity index (χ3n) is 4.43. The first-order valence-electron chi connectivity index (χ1n) is 9.84. The van der Waals surface area contributed by atoms with Gasteiger partial charge in [0.1, 0.15) is 5.75 Å².